The van der Waals surface area contributed by atoms with Crippen LogP contribution in [0.4, 0.5) is 5.82 Å². The summed E-state index contributed by atoms with van der Waals surface area (Å²) in [5.74, 6) is 0.984. The van der Waals surface area contributed by atoms with Crippen LogP contribution < -0.4 is 10.1 Å². The molecule has 19 heavy (non-hydrogen) atoms. The van der Waals surface area contributed by atoms with E-state index in [-0.39, 0.29) is 12.5 Å². The van der Waals surface area contributed by atoms with E-state index in [1.807, 2.05) is 44.2 Å². The maximum Gasteiger partial charge on any atom is 0.263 e. The molecule has 98 valence electrons. The molecule has 1 heterocycles. The highest BCUT2D eigenvalue weighted by molar-refractivity contribution is 5.90. The van der Waals surface area contributed by atoms with Gasteiger partial charge in [-0.3, -0.25) is 4.79 Å². The molecule has 0 radical (unpaired) electrons. The molecule has 0 aliphatic carbocycles. The lowest BCUT2D eigenvalue weighted by atomic mass is 10.2. The van der Waals surface area contributed by atoms with Crippen LogP contribution in [0.1, 0.15) is 11.1 Å². The molecule has 4 nitrogen and oxygen atoms in total. The van der Waals surface area contributed by atoms with Gasteiger partial charge in [0.2, 0.25) is 0 Å². The molecule has 0 saturated heterocycles. The van der Waals surface area contributed by atoms with Gasteiger partial charge in [-0.05, 0) is 37.6 Å². The molecule has 0 atom stereocenters. The van der Waals surface area contributed by atoms with Crippen molar-refractivity contribution in [2.45, 2.75) is 13.8 Å². The standard InChI is InChI=1S/C15H16N2O2/c1-11-3-6-13(7-4-11)19-10-15(18)17-14-8-5-12(2)9-16-14/h3-9H,10H2,1-2H3,(H,16,17,18). The van der Waals surface area contributed by atoms with E-state index in [9.17, 15) is 4.79 Å². The zero-order valence-electron chi connectivity index (χ0n) is 11.0. The summed E-state index contributed by atoms with van der Waals surface area (Å²) in [5.41, 5.74) is 2.20. The number of nitrogens with one attached hydrogen (secondary N) is 1. The largest absolute Gasteiger partial charge is 0.484 e. The highest BCUT2D eigenvalue weighted by atomic mass is 16.5. The molecule has 1 amide bonds. The van der Waals surface area contributed by atoms with Crippen LogP contribution in [-0.4, -0.2) is 17.5 Å². The predicted molar refractivity (Wildman–Crippen MR) is 74.3 cm³/mol. The van der Waals surface area contributed by atoms with Crippen LogP contribution in [0.15, 0.2) is 42.6 Å². The van der Waals surface area contributed by atoms with Gasteiger partial charge in [-0.15, -0.1) is 0 Å². The number of amides is 1. The van der Waals surface area contributed by atoms with Crippen LogP contribution in [0, 0.1) is 13.8 Å². The van der Waals surface area contributed by atoms with Crippen molar-refractivity contribution >= 4 is 11.7 Å². The number of aromatic nitrogens is 1. The molecule has 1 aromatic heterocycles. The number of ether oxygens (including phenoxy) is 1. The van der Waals surface area contributed by atoms with E-state index < -0.39 is 0 Å². The summed E-state index contributed by atoms with van der Waals surface area (Å²) >= 11 is 0. The predicted octanol–water partition coefficient (Wildman–Crippen LogP) is 2.72. The first-order valence-electron chi connectivity index (χ1n) is 6.05. The van der Waals surface area contributed by atoms with Crippen LogP contribution in [0.5, 0.6) is 5.75 Å². The number of rotatable bonds is 4. The Morgan fingerprint density at radius 1 is 1.11 bits per heavy atom. The van der Waals surface area contributed by atoms with Gasteiger partial charge in [-0.2, -0.15) is 0 Å². The Kier molecular flexibility index (Phi) is 4.13. The van der Waals surface area contributed by atoms with Gasteiger partial charge in [0.1, 0.15) is 11.6 Å². The summed E-state index contributed by atoms with van der Waals surface area (Å²) in [6.07, 6.45) is 1.70. The van der Waals surface area contributed by atoms with Crippen LogP contribution in [0.3, 0.4) is 0 Å². The number of benzene rings is 1. The number of aryl methyl sites for hydroxylation is 2. The topological polar surface area (TPSA) is 51.2 Å². The first kappa shape index (κ1) is 13.1. The Hall–Kier alpha value is -2.36. The summed E-state index contributed by atoms with van der Waals surface area (Å²) in [5, 5.41) is 2.68. The lowest BCUT2D eigenvalue weighted by molar-refractivity contribution is -0.118. The quantitative estimate of drug-likeness (QED) is 0.915. The third-order valence-corrected chi connectivity index (χ3v) is 2.57. The number of hydrogen-bond donors (Lipinski definition) is 1. The molecule has 0 fully saturated rings. The van der Waals surface area contributed by atoms with Gasteiger partial charge < -0.3 is 10.1 Å². The number of hydrogen-bond acceptors (Lipinski definition) is 3. The molecule has 1 aromatic carbocycles. The molecule has 2 aromatic rings. The molecule has 0 bridgehead atoms. The fraction of sp³-hybridized carbons (Fsp3) is 0.200. The van der Waals surface area contributed by atoms with Crippen molar-refractivity contribution < 1.29 is 9.53 Å². The van der Waals surface area contributed by atoms with Gasteiger partial charge in [0, 0.05) is 6.20 Å². The summed E-state index contributed by atoms with van der Waals surface area (Å²) < 4.78 is 5.38. The lowest BCUT2D eigenvalue weighted by Crippen LogP contribution is -2.20. The smallest absolute Gasteiger partial charge is 0.263 e. The molecular formula is C15H16N2O2. The van der Waals surface area contributed by atoms with E-state index >= 15 is 0 Å². The Labute approximate surface area is 112 Å². The maximum atomic E-state index is 11.7. The summed E-state index contributed by atoms with van der Waals surface area (Å²) in [4.78, 5) is 15.8. The van der Waals surface area contributed by atoms with Gasteiger partial charge in [0.15, 0.2) is 6.61 Å². The van der Waals surface area contributed by atoms with Crippen molar-refractivity contribution in [1.82, 2.24) is 4.98 Å². The van der Waals surface area contributed by atoms with Crippen molar-refractivity contribution in [2.75, 3.05) is 11.9 Å². The van der Waals surface area contributed by atoms with E-state index in [0.29, 0.717) is 11.6 Å². The van der Waals surface area contributed by atoms with E-state index in [2.05, 4.69) is 10.3 Å². The van der Waals surface area contributed by atoms with Crippen molar-refractivity contribution in [3.8, 4) is 5.75 Å². The SMILES string of the molecule is Cc1ccc(OCC(=O)Nc2ccc(C)cn2)cc1. The van der Waals surface area contributed by atoms with Gasteiger partial charge >= 0.3 is 0 Å². The first-order valence-corrected chi connectivity index (χ1v) is 6.05. The Morgan fingerprint density at radius 2 is 1.79 bits per heavy atom. The molecule has 0 unspecified atom stereocenters. The van der Waals surface area contributed by atoms with Gasteiger partial charge in [0.05, 0.1) is 0 Å². The second-order valence-corrected chi connectivity index (χ2v) is 4.37. The Balaban J connectivity index is 1.84. The second kappa shape index (κ2) is 6.00. The summed E-state index contributed by atoms with van der Waals surface area (Å²) in [6.45, 7) is 3.91. The number of anilines is 1. The minimum atomic E-state index is -0.225. The summed E-state index contributed by atoms with van der Waals surface area (Å²) in [7, 11) is 0. The van der Waals surface area contributed by atoms with Crippen LogP contribution in [0.25, 0.3) is 0 Å². The van der Waals surface area contributed by atoms with Crippen molar-refractivity contribution in [3.05, 3.63) is 53.7 Å². The zero-order chi connectivity index (χ0) is 13.7. The molecule has 0 spiro atoms. The normalized spacial score (nSPS) is 10.0. The van der Waals surface area contributed by atoms with E-state index in [4.69, 9.17) is 4.74 Å². The maximum absolute atomic E-state index is 11.7. The average Bonchev–Trinajstić information content (AvgIpc) is 2.41. The third-order valence-electron chi connectivity index (χ3n) is 2.57. The van der Waals surface area contributed by atoms with Crippen LogP contribution in [-0.2, 0) is 4.79 Å². The molecule has 2 rings (SSSR count). The number of pyridine rings is 1. The summed E-state index contributed by atoms with van der Waals surface area (Å²) in [6, 6.07) is 11.2. The van der Waals surface area contributed by atoms with Crippen molar-refractivity contribution in [2.24, 2.45) is 0 Å². The number of carbonyl (C=O) groups is 1. The van der Waals surface area contributed by atoms with Gasteiger partial charge in [0.25, 0.3) is 5.91 Å². The minimum Gasteiger partial charge on any atom is -0.484 e. The highest BCUT2D eigenvalue weighted by Gasteiger charge is 2.04. The van der Waals surface area contributed by atoms with E-state index in [1.54, 1.807) is 12.3 Å². The Morgan fingerprint density at radius 3 is 2.42 bits per heavy atom. The number of nitrogens with zero attached hydrogens (tertiary/aromatic N) is 1. The molecule has 4 heteroatoms. The van der Waals surface area contributed by atoms with Crippen LogP contribution >= 0.6 is 0 Å². The molecule has 0 aliphatic heterocycles. The minimum absolute atomic E-state index is 0.0291. The molecule has 0 aliphatic rings. The van der Waals surface area contributed by atoms with E-state index in [0.717, 1.165) is 11.1 Å². The lowest BCUT2D eigenvalue weighted by Gasteiger charge is -2.07. The third kappa shape index (κ3) is 4.10. The van der Waals surface area contributed by atoms with Crippen LogP contribution in [0.2, 0.25) is 0 Å². The Bertz CT molecular complexity index is 547. The molecule has 0 saturated carbocycles. The highest BCUT2D eigenvalue weighted by Crippen LogP contribution is 2.11. The van der Waals surface area contributed by atoms with Crippen molar-refractivity contribution in [1.29, 1.82) is 0 Å². The van der Waals surface area contributed by atoms with Gasteiger partial charge in [-0.25, -0.2) is 4.98 Å². The fourth-order valence-electron chi connectivity index (χ4n) is 1.50. The van der Waals surface area contributed by atoms with E-state index in [1.165, 1.54) is 0 Å². The fourth-order valence-corrected chi connectivity index (χ4v) is 1.50. The first-order chi connectivity index (χ1) is 9.13. The molecular weight excluding hydrogens is 240 g/mol. The zero-order valence-corrected chi connectivity index (χ0v) is 11.0. The number of carbonyl (C=O) groups excluding carboxylic acids is 1. The monoisotopic (exact) mass is 256 g/mol. The second-order valence-electron chi connectivity index (χ2n) is 4.37. The average molecular weight is 256 g/mol. The molecule has 1 N–H and O–H groups in total. The van der Waals surface area contributed by atoms with Crippen molar-refractivity contribution in [3.63, 3.8) is 0 Å². The van der Waals surface area contributed by atoms with Gasteiger partial charge in [-0.1, -0.05) is 23.8 Å².